The van der Waals surface area contributed by atoms with Crippen LogP contribution in [-0.4, -0.2) is 17.1 Å². The molecule has 0 bridgehead atoms. The number of anilines is 1. The summed E-state index contributed by atoms with van der Waals surface area (Å²) in [6, 6.07) is 7.29. The number of aliphatic carboxylic acids is 1. The minimum absolute atomic E-state index is 0.496. The lowest BCUT2D eigenvalue weighted by Crippen LogP contribution is -2.25. The van der Waals surface area contributed by atoms with Crippen molar-refractivity contribution in [3.63, 3.8) is 0 Å². The number of benzene rings is 1. The van der Waals surface area contributed by atoms with Gasteiger partial charge in [-0.2, -0.15) is 0 Å². The van der Waals surface area contributed by atoms with Crippen molar-refractivity contribution < 1.29 is 9.90 Å². The van der Waals surface area contributed by atoms with Gasteiger partial charge in [0.2, 0.25) is 0 Å². The summed E-state index contributed by atoms with van der Waals surface area (Å²) >= 11 is 0. The first-order valence-corrected chi connectivity index (χ1v) is 5.10. The normalized spacial score (nSPS) is 12.5. The Labute approximate surface area is 90.1 Å². The molecule has 0 saturated heterocycles. The van der Waals surface area contributed by atoms with E-state index in [2.05, 4.69) is 19.2 Å². The molecule has 3 heteroatoms. The van der Waals surface area contributed by atoms with Gasteiger partial charge in [-0.3, -0.25) is 4.79 Å². The summed E-state index contributed by atoms with van der Waals surface area (Å²) < 4.78 is 0. The minimum atomic E-state index is -0.845. The van der Waals surface area contributed by atoms with E-state index in [1.54, 1.807) is 6.92 Å². The summed E-state index contributed by atoms with van der Waals surface area (Å²) in [5.41, 5.74) is 2.10. The van der Waals surface area contributed by atoms with Gasteiger partial charge in [0, 0.05) is 5.69 Å². The number of carbonyl (C=O) groups is 1. The second-order valence-electron chi connectivity index (χ2n) is 3.98. The van der Waals surface area contributed by atoms with Crippen LogP contribution in [0.2, 0.25) is 0 Å². The fourth-order valence-corrected chi connectivity index (χ4v) is 1.28. The zero-order chi connectivity index (χ0) is 11.4. The summed E-state index contributed by atoms with van der Waals surface area (Å²) in [5, 5.41) is 11.6. The van der Waals surface area contributed by atoms with Crippen LogP contribution in [0.25, 0.3) is 0 Å². The predicted octanol–water partition coefficient (Wildman–Crippen LogP) is 2.70. The number of hydrogen-bond acceptors (Lipinski definition) is 2. The Kier molecular flexibility index (Phi) is 3.72. The maximum Gasteiger partial charge on any atom is 0.325 e. The Balaban J connectivity index is 2.68. The Morgan fingerprint density at radius 1 is 1.20 bits per heavy atom. The molecule has 0 aromatic heterocycles. The molecule has 0 aliphatic heterocycles. The molecule has 1 aromatic rings. The molecule has 82 valence electrons. The highest BCUT2D eigenvalue weighted by Crippen LogP contribution is 2.17. The third-order valence-electron chi connectivity index (χ3n) is 2.33. The molecule has 0 amide bonds. The molecule has 0 spiro atoms. The van der Waals surface area contributed by atoms with Gasteiger partial charge in [-0.1, -0.05) is 26.0 Å². The third-order valence-corrected chi connectivity index (χ3v) is 2.33. The first kappa shape index (κ1) is 11.6. The van der Waals surface area contributed by atoms with Gasteiger partial charge in [0.1, 0.15) is 6.04 Å². The fraction of sp³-hybridized carbons (Fsp3) is 0.417. The van der Waals surface area contributed by atoms with Gasteiger partial charge in [-0.05, 0) is 30.5 Å². The lowest BCUT2D eigenvalue weighted by atomic mass is 10.0. The molecule has 0 unspecified atom stereocenters. The lowest BCUT2D eigenvalue weighted by Gasteiger charge is -2.12. The molecule has 0 aliphatic carbocycles. The van der Waals surface area contributed by atoms with Crippen LogP contribution in [0.4, 0.5) is 5.69 Å². The molecule has 2 N–H and O–H groups in total. The van der Waals surface area contributed by atoms with E-state index in [4.69, 9.17) is 5.11 Å². The van der Waals surface area contributed by atoms with E-state index < -0.39 is 12.0 Å². The molecule has 0 saturated carbocycles. The Bertz CT molecular complexity index is 330. The number of carboxylic acids is 1. The average molecular weight is 207 g/mol. The van der Waals surface area contributed by atoms with E-state index in [0.717, 1.165) is 5.69 Å². The summed E-state index contributed by atoms with van der Waals surface area (Å²) in [6.07, 6.45) is 0. The maximum absolute atomic E-state index is 10.6. The molecular weight excluding hydrogens is 190 g/mol. The van der Waals surface area contributed by atoms with Crippen molar-refractivity contribution in [2.24, 2.45) is 0 Å². The van der Waals surface area contributed by atoms with Gasteiger partial charge in [-0.15, -0.1) is 0 Å². The molecule has 1 rings (SSSR count). The number of hydrogen-bond donors (Lipinski definition) is 2. The van der Waals surface area contributed by atoms with E-state index in [-0.39, 0.29) is 0 Å². The molecule has 1 aromatic carbocycles. The van der Waals surface area contributed by atoms with E-state index in [1.165, 1.54) is 5.56 Å². The summed E-state index contributed by atoms with van der Waals surface area (Å²) in [7, 11) is 0. The zero-order valence-electron chi connectivity index (χ0n) is 9.32. The van der Waals surface area contributed by atoms with E-state index >= 15 is 0 Å². The quantitative estimate of drug-likeness (QED) is 0.798. The van der Waals surface area contributed by atoms with E-state index in [1.807, 2.05) is 24.3 Å². The maximum atomic E-state index is 10.6. The standard InChI is InChI=1S/C12H17NO2/c1-8(2)10-4-6-11(7-5-10)13-9(3)12(14)15/h4-9,13H,1-3H3,(H,14,15)/t9-/m1/s1. The average Bonchev–Trinajstić information content (AvgIpc) is 2.18. The third kappa shape index (κ3) is 3.27. The molecule has 0 aliphatic rings. The van der Waals surface area contributed by atoms with E-state index in [0.29, 0.717) is 5.92 Å². The van der Waals surface area contributed by atoms with Gasteiger partial charge in [0.15, 0.2) is 0 Å². The first-order valence-electron chi connectivity index (χ1n) is 5.10. The van der Waals surface area contributed by atoms with Crippen molar-refractivity contribution in [1.82, 2.24) is 0 Å². The lowest BCUT2D eigenvalue weighted by molar-refractivity contribution is -0.137. The molecule has 3 nitrogen and oxygen atoms in total. The zero-order valence-corrected chi connectivity index (χ0v) is 9.32. The van der Waals surface area contributed by atoms with Crippen LogP contribution in [0.5, 0.6) is 0 Å². The SMILES string of the molecule is CC(C)c1ccc(N[C@H](C)C(=O)O)cc1. The van der Waals surface area contributed by atoms with Crippen molar-refractivity contribution in [3.05, 3.63) is 29.8 Å². The van der Waals surface area contributed by atoms with Gasteiger partial charge in [-0.25, -0.2) is 0 Å². The van der Waals surface area contributed by atoms with Gasteiger partial charge < -0.3 is 10.4 Å². The second-order valence-corrected chi connectivity index (χ2v) is 3.98. The number of rotatable bonds is 4. The van der Waals surface area contributed by atoms with Crippen LogP contribution in [0.3, 0.4) is 0 Å². The van der Waals surface area contributed by atoms with Crippen LogP contribution in [0, 0.1) is 0 Å². The molecule has 15 heavy (non-hydrogen) atoms. The molecule has 0 radical (unpaired) electrons. The number of nitrogens with one attached hydrogen (secondary N) is 1. The highest BCUT2D eigenvalue weighted by atomic mass is 16.4. The van der Waals surface area contributed by atoms with Gasteiger partial charge in [0.25, 0.3) is 0 Å². The van der Waals surface area contributed by atoms with Crippen LogP contribution in [0.15, 0.2) is 24.3 Å². The van der Waals surface area contributed by atoms with Gasteiger partial charge >= 0.3 is 5.97 Å². The highest BCUT2D eigenvalue weighted by Gasteiger charge is 2.09. The minimum Gasteiger partial charge on any atom is -0.480 e. The Hall–Kier alpha value is -1.51. The number of carboxylic acid groups (broad SMARTS) is 1. The van der Waals surface area contributed by atoms with Crippen molar-refractivity contribution in [2.45, 2.75) is 32.7 Å². The van der Waals surface area contributed by atoms with Crippen LogP contribution in [0.1, 0.15) is 32.3 Å². The van der Waals surface area contributed by atoms with Crippen molar-refractivity contribution in [3.8, 4) is 0 Å². The first-order chi connectivity index (χ1) is 7.00. The van der Waals surface area contributed by atoms with Crippen LogP contribution < -0.4 is 5.32 Å². The summed E-state index contributed by atoms with van der Waals surface area (Å²) in [6.45, 7) is 5.88. The van der Waals surface area contributed by atoms with Gasteiger partial charge in [0.05, 0.1) is 0 Å². The van der Waals surface area contributed by atoms with Crippen LogP contribution in [-0.2, 0) is 4.79 Å². The Morgan fingerprint density at radius 2 is 1.73 bits per heavy atom. The predicted molar refractivity (Wildman–Crippen MR) is 61.3 cm³/mol. The molecule has 0 heterocycles. The van der Waals surface area contributed by atoms with Crippen LogP contribution >= 0.6 is 0 Å². The molecule has 0 fully saturated rings. The summed E-state index contributed by atoms with van der Waals surface area (Å²) in [4.78, 5) is 10.6. The second kappa shape index (κ2) is 4.82. The largest absolute Gasteiger partial charge is 0.480 e. The van der Waals surface area contributed by atoms with E-state index in [9.17, 15) is 4.79 Å². The Morgan fingerprint density at radius 3 is 2.13 bits per heavy atom. The molecular formula is C12H17NO2. The highest BCUT2D eigenvalue weighted by molar-refractivity contribution is 5.76. The smallest absolute Gasteiger partial charge is 0.325 e. The molecule has 1 atom stereocenters. The summed E-state index contributed by atoms with van der Waals surface area (Å²) in [5.74, 6) is -0.348. The van der Waals surface area contributed by atoms with Crippen molar-refractivity contribution in [2.75, 3.05) is 5.32 Å². The van der Waals surface area contributed by atoms with Crippen molar-refractivity contribution in [1.29, 1.82) is 0 Å². The topological polar surface area (TPSA) is 49.3 Å². The monoisotopic (exact) mass is 207 g/mol. The van der Waals surface area contributed by atoms with Crippen molar-refractivity contribution >= 4 is 11.7 Å². The fourth-order valence-electron chi connectivity index (χ4n) is 1.28.